The van der Waals surface area contributed by atoms with Gasteiger partial charge in [0.2, 0.25) is 0 Å². The van der Waals surface area contributed by atoms with Crippen LogP contribution < -0.4 is 40.3 Å². The molecule has 1 fully saturated rings. The number of amides is 1. The summed E-state index contributed by atoms with van der Waals surface area (Å²) >= 11 is 0. The van der Waals surface area contributed by atoms with Gasteiger partial charge in [-0.1, -0.05) is 18.2 Å². The summed E-state index contributed by atoms with van der Waals surface area (Å²) in [6.45, 7) is 7.87. The third-order valence-corrected chi connectivity index (χ3v) is 4.59. The molecule has 1 aromatic heterocycles. The van der Waals surface area contributed by atoms with Gasteiger partial charge in [0.1, 0.15) is 43.1 Å². The summed E-state index contributed by atoms with van der Waals surface area (Å²) in [5, 5.41) is 0. The molecule has 4 N–H and O–H groups in total. The van der Waals surface area contributed by atoms with E-state index >= 15 is 0 Å². The van der Waals surface area contributed by atoms with Gasteiger partial charge in [-0.05, 0) is 26.0 Å². The molecule has 3 rings (SSSR count). The molecule has 7 heteroatoms. The number of aromatic nitrogens is 1. The van der Waals surface area contributed by atoms with Gasteiger partial charge in [-0.25, -0.2) is 0 Å². The maximum absolute atomic E-state index is 11.8. The first-order chi connectivity index (χ1) is 11.1. The van der Waals surface area contributed by atoms with Crippen LogP contribution in [0, 0.1) is 13.8 Å². The second-order valence-electron chi connectivity index (χ2n) is 6.21. The van der Waals surface area contributed by atoms with Crippen LogP contribution in [0.1, 0.15) is 21.7 Å². The molecule has 0 radical (unpaired) electrons. The summed E-state index contributed by atoms with van der Waals surface area (Å²) < 4.78 is 0. The number of rotatable bonds is 3. The Hall–Kier alpha value is -1.66. The van der Waals surface area contributed by atoms with E-state index in [4.69, 9.17) is 5.73 Å². The molecule has 0 bridgehead atoms. The quantitative estimate of drug-likeness (QED) is 0.494. The Balaban J connectivity index is 0.00000156. The molecule has 1 aromatic carbocycles. The number of primary amides is 1. The average molecular weight is 383 g/mol. The first kappa shape index (κ1) is 21.4. The number of nitrogens with one attached hydrogen (secondary N) is 2. The van der Waals surface area contributed by atoms with Gasteiger partial charge in [0, 0.05) is 11.8 Å². The zero-order valence-corrected chi connectivity index (χ0v) is 16.0. The van der Waals surface area contributed by atoms with E-state index in [1.165, 1.54) is 15.5 Å². The molecule has 2 aromatic rings. The van der Waals surface area contributed by atoms with E-state index in [9.17, 15) is 4.79 Å². The fourth-order valence-corrected chi connectivity index (χ4v) is 3.50. The van der Waals surface area contributed by atoms with Crippen LogP contribution in [0.25, 0.3) is 0 Å². The first-order valence-electron chi connectivity index (χ1n) is 8.09. The van der Waals surface area contributed by atoms with E-state index in [2.05, 4.69) is 29.2 Å². The average Bonchev–Trinajstić information content (AvgIpc) is 2.54. The fraction of sp³-hybridized carbons (Fsp3) is 0.333. The maximum atomic E-state index is 11.8. The van der Waals surface area contributed by atoms with Crippen LogP contribution in [0.4, 0.5) is 11.4 Å². The van der Waals surface area contributed by atoms with Crippen molar-refractivity contribution in [3.8, 4) is 0 Å². The van der Waals surface area contributed by atoms with E-state index in [1.807, 2.05) is 26.0 Å². The van der Waals surface area contributed by atoms with Crippen molar-refractivity contribution in [2.24, 2.45) is 5.73 Å². The molecule has 0 unspecified atom stereocenters. The van der Waals surface area contributed by atoms with Crippen LogP contribution in [0.5, 0.6) is 0 Å². The van der Waals surface area contributed by atoms with Crippen LogP contribution in [-0.4, -0.2) is 37.1 Å². The van der Waals surface area contributed by atoms with E-state index in [-0.39, 0.29) is 30.7 Å². The normalized spacial score (nSPS) is 19.4. The number of carbonyl (C=O) groups is 1. The monoisotopic (exact) mass is 382 g/mol. The van der Waals surface area contributed by atoms with Gasteiger partial charge in [-0.3, -0.25) is 19.6 Å². The number of hydrogen-bond donors (Lipinski definition) is 3. The van der Waals surface area contributed by atoms with Crippen molar-refractivity contribution in [2.75, 3.05) is 26.2 Å². The molecule has 1 aliphatic rings. The highest BCUT2D eigenvalue weighted by Crippen LogP contribution is 2.15. The number of nitrogens with zero attached hydrogens (tertiary/aromatic N) is 1. The van der Waals surface area contributed by atoms with Gasteiger partial charge in [-0.2, -0.15) is 0 Å². The largest absolute Gasteiger partial charge is 1.00 e. The lowest BCUT2D eigenvalue weighted by molar-refractivity contribution is -0.952. The van der Waals surface area contributed by atoms with Gasteiger partial charge in [0.05, 0.1) is 5.69 Å². The number of piperazine rings is 1. The lowest BCUT2D eigenvalue weighted by Gasteiger charge is -2.30. The van der Waals surface area contributed by atoms with Crippen LogP contribution in [0.2, 0.25) is 0 Å². The zero-order valence-electron chi connectivity index (χ0n) is 14.5. The smallest absolute Gasteiger partial charge is 0.256 e. The predicted octanol–water partition coefficient (Wildman–Crippen LogP) is -6.45. The van der Waals surface area contributed by atoms with Gasteiger partial charge >= 0.3 is 0 Å². The van der Waals surface area contributed by atoms with Crippen molar-refractivity contribution < 1.29 is 39.4 Å². The van der Waals surface area contributed by atoms with Crippen molar-refractivity contribution in [1.82, 2.24) is 4.98 Å². The molecule has 1 saturated heterocycles. The minimum absolute atomic E-state index is 0. The molecule has 5 nitrogen and oxygen atoms in total. The van der Waals surface area contributed by atoms with E-state index in [0.717, 1.165) is 43.3 Å². The number of pyridine rings is 1. The third kappa shape index (κ3) is 4.70. The summed E-state index contributed by atoms with van der Waals surface area (Å²) in [6.07, 6.45) is 0. The molecule has 0 spiro atoms. The predicted molar refractivity (Wildman–Crippen MR) is 89.4 cm³/mol. The van der Waals surface area contributed by atoms with Crippen LogP contribution in [0.15, 0.2) is 36.4 Å². The number of halogens is 2. The van der Waals surface area contributed by atoms with Crippen LogP contribution in [-0.2, 0) is 0 Å². The molecule has 0 aliphatic carbocycles. The van der Waals surface area contributed by atoms with Gasteiger partial charge in [0.25, 0.3) is 5.91 Å². The Morgan fingerprint density at radius 2 is 1.56 bits per heavy atom. The fourth-order valence-electron chi connectivity index (χ4n) is 3.50. The third-order valence-electron chi connectivity index (χ3n) is 4.59. The number of nitrogens with two attached hydrogens (primary N) is 1. The highest BCUT2D eigenvalue weighted by atomic mass is 35.5. The van der Waals surface area contributed by atoms with Crippen molar-refractivity contribution >= 4 is 17.3 Å². The number of hydrogen-bond acceptors (Lipinski definition) is 2. The van der Waals surface area contributed by atoms with Crippen molar-refractivity contribution in [3.63, 3.8) is 0 Å². The van der Waals surface area contributed by atoms with Gasteiger partial charge in [-0.15, -0.1) is 0 Å². The van der Waals surface area contributed by atoms with Gasteiger partial charge in [0.15, 0.2) is 0 Å². The molecule has 0 atom stereocenters. The first-order valence-corrected chi connectivity index (χ1v) is 8.09. The minimum atomic E-state index is -0.379. The van der Waals surface area contributed by atoms with E-state index in [0.29, 0.717) is 5.56 Å². The second kappa shape index (κ2) is 9.15. The molecule has 0 saturated carbocycles. The summed E-state index contributed by atoms with van der Waals surface area (Å²) in [4.78, 5) is 19.1. The SMILES string of the molecule is Cc1cc([NH+]2CC[NH+](c3ccccc3)CC2)c(C(N)=O)c(C)n1.[Cl-].[Cl-]. The van der Waals surface area contributed by atoms with Crippen LogP contribution >= 0.6 is 0 Å². The molecule has 25 heavy (non-hydrogen) atoms. The van der Waals surface area contributed by atoms with Crippen molar-refractivity contribution in [2.45, 2.75) is 13.8 Å². The second-order valence-corrected chi connectivity index (χ2v) is 6.21. The molecule has 2 heterocycles. The van der Waals surface area contributed by atoms with Crippen LogP contribution in [0.3, 0.4) is 0 Å². The lowest BCUT2D eigenvalue weighted by Crippen LogP contribution is -3.24. The van der Waals surface area contributed by atoms with Crippen molar-refractivity contribution in [1.29, 1.82) is 0 Å². The van der Waals surface area contributed by atoms with Crippen molar-refractivity contribution in [3.05, 3.63) is 53.3 Å². The summed E-state index contributed by atoms with van der Waals surface area (Å²) in [5.74, 6) is -0.379. The Morgan fingerprint density at radius 1 is 1.00 bits per heavy atom. The number of carbonyl (C=O) groups excluding carboxylic acids is 1. The molecule has 1 aliphatic heterocycles. The Morgan fingerprint density at radius 3 is 2.12 bits per heavy atom. The number of aryl methyl sites for hydroxylation is 2. The summed E-state index contributed by atoms with van der Waals surface area (Å²) in [7, 11) is 0. The molecular formula is C18H24Cl2N4O. The zero-order chi connectivity index (χ0) is 16.4. The number of para-hydroxylation sites is 1. The lowest BCUT2D eigenvalue weighted by atomic mass is 10.1. The van der Waals surface area contributed by atoms with Gasteiger partial charge < -0.3 is 30.5 Å². The Kier molecular flexibility index (Phi) is 7.83. The summed E-state index contributed by atoms with van der Waals surface area (Å²) in [6, 6.07) is 12.6. The molecule has 136 valence electrons. The standard InChI is InChI=1S/C18H22N4O.2ClH/c1-13-12-16(17(18(19)23)14(2)20-13)22-10-8-21(9-11-22)15-6-4-3-5-7-15;;/h3-7,12H,8-11H2,1-2H3,(H2,19,23);2*1H. The minimum Gasteiger partial charge on any atom is -1.00 e. The topological polar surface area (TPSA) is 64.9 Å². The molecular weight excluding hydrogens is 359 g/mol. The summed E-state index contributed by atoms with van der Waals surface area (Å²) in [5.41, 5.74) is 10.2. The highest BCUT2D eigenvalue weighted by molar-refractivity contribution is 5.97. The maximum Gasteiger partial charge on any atom is 0.256 e. The number of benzene rings is 1. The Bertz CT molecular complexity index is 717. The number of quaternary nitrogens is 2. The van der Waals surface area contributed by atoms with E-state index in [1.54, 1.807) is 0 Å². The van der Waals surface area contributed by atoms with E-state index < -0.39 is 0 Å². The highest BCUT2D eigenvalue weighted by Gasteiger charge is 2.29. The molecule has 1 amide bonds. The Labute approximate surface area is 161 Å².